The smallest absolute Gasteiger partial charge is 0.124 e. The van der Waals surface area contributed by atoms with Gasteiger partial charge in [-0.3, -0.25) is 0 Å². The van der Waals surface area contributed by atoms with Gasteiger partial charge < -0.3 is 38.7 Å². The van der Waals surface area contributed by atoms with Crippen molar-refractivity contribution < 1.29 is 69.2 Å². The van der Waals surface area contributed by atoms with E-state index < -0.39 is 0 Å². The summed E-state index contributed by atoms with van der Waals surface area (Å²) in [6, 6.07) is 108. The zero-order chi connectivity index (χ0) is 73.4. The van der Waals surface area contributed by atoms with Crippen molar-refractivity contribution in [2.75, 3.05) is 0 Å². The molecule has 0 aliphatic heterocycles. The van der Waals surface area contributed by atoms with E-state index in [-0.39, 0.29) is 71.1 Å². The molecule has 9 heterocycles. The summed E-state index contributed by atoms with van der Waals surface area (Å²) in [5, 5.41) is 7.14. The Morgan fingerprint density at radius 3 is 1.28 bits per heavy atom. The first-order valence-electron chi connectivity index (χ1n) is 35.6. The Labute approximate surface area is 684 Å². The van der Waals surface area contributed by atoms with Gasteiger partial charge in [0.15, 0.2) is 0 Å². The number of hydrogen-bond donors (Lipinski definition) is 0. The number of nitrogens with zero attached hydrogens (tertiary/aromatic N) is 6. The molecule has 9 aromatic carbocycles. The van der Waals surface area contributed by atoms with Crippen LogP contribution in [0, 0.1) is 49.2 Å². The van der Waals surface area contributed by atoms with Gasteiger partial charge >= 0.3 is 0 Å². The number of para-hydroxylation sites is 2. The molecule has 0 spiro atoms. The minimum absolute atomic E-state index is 0. The van der Waals surface area contributed by atoms with Gasteiger partial charge in [-0.2, -0.15) is 11.3 Å². The first-order valence-corrected chi connectivity index (χ1v) is 36.4. The van der Waals surface area contributed by atoms with Gasteiger partial charge in [-0.1, -0.05) is 210 Å². The van der Waals surface area contributed by atoms with Crippen LogP contribution in [0.25, 0.3) is 132 Å². The van der Waals surface area contributed by atoms with Crippen LogP contribution in [0.15, 0.2) is 313 Å². The summed E-state index contributed by atoms with van der Waals surface area (Å²) < 4.78 is 14.9. The van der Waals surface area contributed by atoms with Crippen molar-refractivity contribution in [3.05, 3.63) is 363 Å². The van der Waals surface area contributed by atoms with Gasteiger partial charge in [0.1, 0.15) is 11.2 Å². The fourth-order valence-corrected chi connectivity index (χ4v) is 13.2. The first-order chi connectivity index (χ1) is 51.6. The minimum atomic E-state index is 0. The van der Waals surface area contributed by atoms with Crippen LogP contribution in [0.3, 0.4) is 0 Å². The van der Waals surface area contributed by atoms with Crippen LogP contribution < -0.4 is 0 Å². The van der Waals surface area contributed by atoms with E-state index in [0.717, 1.165) is 112 Å². The maximum Gasteiger partial charge on any atom is 0.124 e. The second-order valence-corrected chi connectivity index (χ2v) is 29.1. The van der Waals surface area contributed by atoms with E-state index in [0.29, 0.717) is 5.92 Å². The molecule has 0 bridgehead atoms. The molecule has 0 saturated carbocycles. The average molecular weight is 1970 g/mol. The van der Waals surface area contributed by atoms with E-state index in [4.69, 9.17) is 8.83 Å². The second-order valence-electron chi connectivity index (χ2n) is 28.1. The molecule has 18 rings (SSSR count). The van der Waals surface area contributed by atoms with Crippen molar-refractivity contribution in [2.24, 2.45) is 5.92 Å². The van der Waals surface area contributed by atoms with Gasteiger partial charge in [-0.05, 0) is 127 Å². The number of benzene rings is 9. The molecule has 0 fully saturated rings. The Hall–Kier alpha value is -10.4. The van der Waals surface area contributed by atoms with Crippen molar-refractivity contribution in [1.29, 1.82) is 0 Å². The Morgan fingerprint density at radius 1 is 0.349 bits per heavy atom. The van der Waals surface area contributed by atoms with Crippen LogP contribution in [0.1, 0.15) is 77.6 Å². The van der Waals surface area contributed by atoms with Gasteiger partial charge in [-0.15, -0.1) is 168 Å². The van der Waals surface area contributed by atoms with E-state index in [1.165, 1.54) is 47.8 Å². The monoisotopic (exact) mass is 1970 g/mol. The maximum absolute atomic E-state index is 6.30. The van der Waals surface area contributed by atoms with Gasteiger partial charge in [0, 0.05) is 113 Å². The summed E-state index contributed by atoms with van der Waals surface area (Å²) in [6.07, 6.45) is 12.2. The third-order valence-electron chi connectivity index (χ3n) is 17.7. The van der Waals surface area contributed by atoms with E-state index in [1.54, 1.807) is 12.4 Å². The zero-order valence-corrected chi connectivity index (χ0v) is 70.1. The van der Waals surface area contributed by atoms with Crippen LogP contribution in [-0.2, 0) is 77.6 Å². The molecular weight excluding hydrogens is 1890 g/mol. The van der Waals surface area contributed by atoms with E-state index in [1.807, 2.05) is 213 Å². The van der Waals surface area contributed by atoms with Crippen LogP contribution in [-0.4, -0.2) is 29.9 Å². The molecule has 0 aliphatic carbocycles. The molecule has 12 heteroatoms. The Balaban J connectivity index is 0.000000140. The van der Waals surface area contributed by atoms with E-state index >= 15 is 0 Å². The Kier molecular flexibility index (Phi) is 28.4. The predicted molar refractivity (Wildman–Crippen MR) is 439 cm³/mol. The van der Waals surface area contributed by atoms with E-state index in [9.17, 15) is 0 Å². The third kappa shape index (κ3) is 20.5. The molecule has 0 N–H and O–H groups in total. The summed E-state index contributed by atoms with van der Waals surface area (Å²) in [5.74, 6) is 0.593. The number of pyridine rings is 6. The molecule has 549 valence electrons. The van der Waals surface area contributed by atoms with Gasteiger partial charge in [0.25, 0.3) is 0 Å². The summed E-state index contributed by atoms with van der Waals surface area (Å²) >= 11 is 1.81. The number of hydrogen-bond acceptors (Lipinski definition) is 9. The van der Waals surface area contributed by atoms with E-state index in [2.05, 4.69) is 219 Å². The van der Waals surface area contributed by atoms with Crippen LogP contribution in [0.5, 0.6) is 0 Å². The number of rotatable bonds is 8. The topological polar surface area (TPSA) is 104 Å². The van der Waals surface area contributed by atoms with Crippen molar-refractivity contribution in [3.63, 3.8) is 0 Å². The minimum Gasteiger partial charge on any atom is -0.501 e. The van der Waals surface area contributed by atoms with Crippen LogP contribution in [0.2, 0.25) is 0 Å². The fourth-order valence-electron chi connectivity index (χ4n) is 12.1. The number of aryl methyl sites for hydroxylation is 1. The quantitative estimate of drug-likeness (QED) is 0.139. The SMILES string of the molecule is CC(C)(C)c1ccc(-c2[c-]cccc2)nc1.CC(C)(C)c1ccc(-c2[c-]cccc2)nc1.CC(C)Cc1cccc2c1oc1c(-c3ccccn3)[c-]ccc12.Cc1ccc(-c2[c-]cccc2)nc1.[Ir].[Ir].[Ir].[c-]1cc2sc3ccccc3c2cc1-c1ccccn1.[c-]1ccc2c(oc3ccccc32)c1-c1ccccn1. The molecule has 0 atom stereocenters. The second kappa shape index (κ2) is 38.1. The zero-order valence-electron chi connectivity index (χ0n) is 62.1. The van der Waals surface area contributed by atoms with Crippen LogP contribution in [0.4, 0.5) is 0 Å². The Bertz CT molecular complexity index is 5730. The Morgan fingerprint density at radius 2 is 0.798 bits per heavy atom. The molecule has 8 nitrogen and oxygen atoms in total. The van der Waals surface area contributed by atoms with Gasteiger partial charge in [0.05, 0.1) is 11.2 Å². The standard InChI is InChI=1S/C21H18NO.C17H10NO.C17H10NS.2C15H16N.C12H10N.3Ir/c1-14(2)13-15-7-5-8-16-17-9-6-10-18(21(17)23-20(15)16)19-11-3-4-12-22-19;1-2-10-16-12(6-1)13-7-5-8-14(17(13)19-16)15-9-3-4-11-18-15;1-2-7-16-13(5-1)14-11-12(8-9-17(14)19-16)15-6-3-4-10-18-15;2*1-15(2,3)13-9-10-14(16-11-13)12-7-5-4-6-8-12;1-10-7-8-12(13-9-10)11-5-3-2-4-6-11;;;/h3-9,11-12,14H,13H2,1-2H3;2*1-7,9-11H;2*4-7,9-11H,1-3H3;2-5,7-9H,1H3;;;/q6*-1;;;. The summed E-state index contributed by atoms with van der Waals surface area (Å²) in [7, 11) is 0. The summed E-state index contributed by atoms with van der Waals surface area (Å²) in [4.78, 5) is 26.5. The van der Waals surface area contributed by atoms with Crippen molar-refractivity contribution in [3.8, 4) is 67.5 Å². The molecule has 0 aliphatic rings. The maximum atomic E-state index is 6.30. The summed E-state index contributed by atoms with van der Waals surface area (Å²) in [5.41, 5.74) is 20.6. The van der Waals surface area contributed by atoms with Crippen molar-refractivity contribution in [1.82, 2.24) is 29.9 Å². The van der Waals surface area contributed by atoms with Gasteiger partial charge in [0.2, 0.25) is 0 Å². The molecule has 0 saturated heterocycles. The molecular formula is C97H80Ir3N6O2S-6. The molecule has 18 aromatic rings. The molecule has 0 unspecified atom stereocenters. The van der Waals surface area contributed by atoms with Crippen molar-refractivity contribution >= 4 is 75.4 Å². The number of fused-ring (bicyclic) bond motifs is 9. The number of aromatic nitrogens is 6. The predicted octanol–water partition coefficient (Wildman–Crippen LogP) is 25.6. The molecule has 3 radical (unpaired) electrons. The van der Waals surface area contributed by atoms with Crippen LogP contribution >= 0.6 is 11.3 Å². The largest absolute Gasteiger partial charge is 0.501 e. The van der Waals surface area contributed by atoms with Gasteiger partial charge in [-0.25, -0.2) is 0 Å². The molecule has 109 heavy (non-hydrogen) atoms. The fraction of sp³-hybridized carbons (Fsp3) is 0.134. The normalized spacial score (nSPS) is 10.9. The average Bonchev–Trinajstić information content (AvgIpc) is 1.62. The van der Waals surface area contributed by atoms with Crippen molar-refractivity contribution in [2.45, 2.75) is 79.6 Å². The summed E-state index contributed by atoms with van der Waals surface area (Å²) in [6.45, 7) is 19.7. The first kappa shape index (κ1) is 81.2. The number of furan rings is 2. The molecule has 0 amide bonds. The number of thiophene rings is 1. The third-order valence-corrected chi connectivity index (χ3v) is 18.9. The molecule has 9 aromatic heterocycles.